The fourth-order valence-electron chi connectivity index (χ4n) is 4.28. The molecule has 2 aromatic heterocycles. The zero-order chi connectivity index (χ0) is 23.3. The number of fused-ring (bicyclic) bond motifs is 1. The summed E-state index contributed by atoms with van der Waals surface area (Å²) in [6.07, 6.45) is 8.63. The molecule has 0 spiro atoms. The van der Waals surface area contributed by atoms with Gasteiger partial charge in [-0.05, 0) is 31.4 Å². The van der Waals surface area contributed by atoms with E-state index in [4.69, 9.17) is 9.72 Å². The summed E-state index contributed by atoms with van der Waals surface area (Å²) in [6.45, 7) is 4.15. The molecule has 4 aromatic rings. The maximum atomic E-state index is 13.1. The Morgan fingerprint density at radius 1 is 1.21 bits per heavy atom. The number of rotatable bonds is 8. The van der Waals surface area contributed by atoms with Crippen LogP contribution >= 0.6 is 11.3 Å². The average molecular weight is 472 g/mol. The van der Waals surface area contributed by atoms with Crippen LogP contribution in [0.15, 0.2) is 72.3 Å². The summed E-state index contributed by atoms with van der Waals surface area (Å²) in [7, 11) is 0. The van der Waals surface area contributed by atoms with Crippen LogP contribution < -0.4 is 0 Å². The Bertz CT molecular complexity index is 1270. The molecule has 1 aliphatic heterocycles. The number of ether oxygens (including phenoxy) is 1. The van der Waals surface area contributed by atoms with Crippen molar-refractivity contribution in [3.05, 3.63) is 89.1 Å². The van der Waals surface area contributed by atoms with E-state index >= 15 is 0 Å². The molecule has 1 amide bonds. The van der Waals surface area contributed by atoms with Crippen LogP contribution in [-0.2, 0) is 16.0 Å². The van der Waals surface area contributed by atoms with Gasteiger partial charge in [-0.2, -0.15) is 0 Å². The minimum atomic E-state index is 0.0248. The quantitative estimate of drug-likeness (QED) is 0.313. The van der Waals surface area contributed by atoms with Crippen molar-refractivity contribution >= 4 is 28.3 Å². The van der Waals surface area contributed by atoms with Gasteiger partial charge in [0.15, 0.2) is 4.96 Å². The highest BCUT2D eigenvalue weighted by Gasteiger charge is 2.22. The maximum Gasteiger partial charge on any atom is 0.246 e. The van der Waals surface area contributed by atoms with Crippen LogP contribution in [0.5, 0.6) is 0 Å². The number of benzene rings is 2. The topological polar surface area (TPSA) is 46.8 Å². The molecule has 5 nitrogen and oxygen atoms in total. The number of carbonyl (C=O) groups is 1. The molecule has 0 saturated carbocycles. The normalized spacial score (nSPS) is 16.0. The van der Waals surface area contributed by atoms with E-state index in [1.165, 1.54) is 11.3 Å². The first-order valence-electron chi connectivity index (χ1n) is 11.8. The number of hydrogen-bond acceptors (Lipinski definition) is 4. The SMILES string of the molecule is Cc1ccc(-c2cn3c(CCN(CC4CCCO4)C(=O)C=Cc4ccccc4)csc3n2)cc1. The Morgan fingerprint density at radius 2 is 2.03 bits per heavy atom. The van der Waals surface area contributed by atoms with E-state index < -0.39 is 0 Å². The van der Waals surface area contributed by atoms with E-state index in [0.29, 0.717) is 13.1 Å². The van der Waals surface area contributed by atoms with E-state index in [0.717, 1.165) is 47.7 Å². The van der Waals surface area contributed by atoms with Crippen LogP contribution in [0.2, 0.25) is 0 Å². The second kappa shape index (κ2) is 10.4. The number of amides is 1. The first-order chi connectivity index (χ1) is 16.7. The summed E-state index contributed by atoms with van der Waals surface area (Å²) in [6, 6.07) is 18.4. The smallest absolute Gasteiger partial charge is 0.246 e. The summed E-state index contributed by atoms with van der Waals surface area (Å²) in [5, 5.41) is 2.15. The van der Waals surface area contributed by atoms with Crippen LogP contribution in [0, 0.1) is 6.92 Å². The molecule has 0 N–H and O–H groups in total. The lowest BCUT2D eigenvalue weighted by Crippen LogP contribution is -2.37. The van der Waals surface area contributed by atoms with Gasteiger partial charge in [0.05, 0.1) is 11.8 Å². The van der Waals surface area contributed by atoms with Crippen LogP contribution in [0.25, 0.3) is 22.3 Å². The molecule has 3 heterocycles. The molecule has 174 valence electrons. The number of aryl methyl sites for hydroxylation is 1. The molecule has 34 heavy (non-hydrogen) atoms. The number of nitrogens with zero attached hydrogens (tertiary/aromatic N) is 3. The molecular formula is C28H29N3O2S. The lowest BCUT2D eigenvalue weighted by Gasteiger charge is -2.24. The minimum absolute atomic E-state index is 0.0248. The van der Waals surface area contributed by atoms with E-state index in [9.17, 15) is 4.79 Å². The number of carbonyl (C=O) groups excluding carboxylic acids is 1. The number of thiazole rings is 1. The summed E-state index contributed by atoms with van der Waals surface area (Å²) in [5.41, 5.74) is 5.53. The van der Waals surface area contributed by atoms with Crippen molar-refractivity contribution in [2.75, 3.05) is 19.7 Å². The summed E-state index contributed by atoms with van der Waals surface area (Å²) >= 11 is 1.64. The second-order valence-electron chi connectivity index (χ2n) is 8.79. The lowest BCUT2D eigenvalue weighted by molar-refractivity contribution is -0.127. The van der Waals surface area contributed by atoms with Gasteiger partial charge >= 0.3 is 0 Å². The van der Waals surface area contributed by atoms with E-state index in [-0.39, 0.29) is 12.0 Å². The molecular weight excluding hydrogens is 442 g/mol. The van der Waals surface area contributed by atoms with Gasteiger partial charge in [-0.1, -0.05) is 60.2 Å². The molecule has 0 bridgehead atoms. The third-order valence-corrected chi connectivity index (χ3v) is 7.13. The van der Waals surface area contributed by atoms with E-state index in [1.54, 1.807) is 17.4 Å². The number of hydrogen-bond donors (Lipinski definition) is 0. The van der Waals surface area contributed by atoms with Gasteiger partial charge in [-0.3, -0.25) is 9.20 Å². The molecule has 0 aliphatic carbocycles. The third-order valence-electron chi connectivity index (χ3n) is 6.25. The summed E-state index contributed by atoms with van der Waals surface area (Å²) in [5.74, 6) is 0.0248. The third kappa shape index (κ3) is 5.29. The van der Waals surface area contributed by atoms with Gasteiger partial charge in [0.25, 0.3) is 0 Å². The number of imidazole rings is 1. The standard InChI is InChI=1S/C28H29N3O2S/c1-21-9-12-23(13-10-21)26-19-31-24(20-34-28(31)29-26)15-16-30(18-25-8-5-17-33-25)27(32)14-11-22-6-3-2-4-7-22/h2-4,6-7,9-14,19-20,25H,5,8,15-18H2,1H3. The molecule has 1 unspecified atom stereocenters. The van der Waals surface area contributed by atoms with Crippen molar-refractivity contribution < 1.29 is 9.53 Å². The summed E-state index contributed by atoms with van der Waals surface area (Å²) < 4.78 is 7.99. The van der Waals surface area contributed by atoms with Crippen LogP contribution in [-0.4, -0.2) is 46.0 Å². The first-order valence-corrected chi connectivity index (χ1v) is 12.7. The predicted molar refractivity (Wildman–Crippen MR) is 138 cm³/mol. The zero-order valence-corrected chi connectivity index (χ0v) is 20.2. The molecule has 1 aliphatic rings. The lowest BCUT2D eigenvalue weighted by atomic mass is 10.1. The molecule has 5 rings (SSSR count). The minimum Gasteiger partial charge on any atom is -0.376 e. The fourth-order valence-corrected chi connectivity index (χ4v) is 5.19. The monoisotopic (exact) mass is 471 g/mol. The van der Waals surface area contributed by atoms with Gasteiger partial charge in [0, 0.05) is 55.0 Å². The second-order valence-corrected chi connectivity index (χ2v) is 9.62. The molecule has 1 saturated heterocycles. The molecule has 2 aromatic carbocycles. The van der Waals surface area contributed by atoms with Crippen LogP contribution in [0.1, 0.15) is 29.7 Å². The molecule has 1 fully saturated rings. The number of aromatic nitrogens is 2. The highest BCUT2D eigenvalue weighted by Crippen LogP contribution is 2.24. The largest absolute Gasteiger partial charge is 0.376 e. The maximum absolute atomic E-state index is 13.1. The Hall–Kier alpha value is -3.22. The van der Waals surface area contributed by atoms with Gasteiger partial charge in [-0.25, -0.2) is 4.98 Å². The van der Waals surface area contributed by atoms with Gasteiger partial charge in [0.2, 0.25) is 5.91 Å². The Labute approximate surface area is 204 Å². The van der Waals surface area contributed by atoms with Crippen molar-refractivity contribution in [1.29, 1.82) is 0 Å². The Kier molecular flexibility index (Phi) is 6.88. The Morgan fingerprint density at radius 3 is 2.79 bits per heavy atom. The summed E-state index contributed by atoms with van der Waals surface area (Å²) in [4.78, 5) is 20.8. The van der Waals surface area contributed by atoms with Crippen LogP contribution in [0.3, 0.4) is 0 Å². The molecule has 0 radical (unpaired) electrons. The fraction of sp³-hybridized carbons (Fsp3) is 0.286. The van der Waals surface area contributed by atoms with E-state index in [2.05, 4.69) is 47.2 Å². The zero-order valence-electron chi connectivity index (χ0n) is 19.4. The highest BCUT2D eigenvalue weighted by atomic mass is 32.1. The van der Waals surface area contributed by atoms with Gasteiger partial charge in [-0.15, -0.1) is 11.3 Å². The first kappa shape index (κ1) is 22.6. The van der Waals surface area contributed by atoms with Crippen molar-refractivity contribution in [3.63, 3.8) is 0 Å². The molecule has 1 atom stereocenters. The van der Waals surface area contributed by atoms with Crippen LogP contribution in [0.4, 0.5) is 0 Å². The van der Waals surface area contributed by atoms with Crippen molar-refractivity contribution in [2.45, 2.75) is 32.3 Å². The highest BCUT2D eigenvalue weighted by molar-refractivity contribution is 7.15. The van der Waals surface area contributed by atoms with E-state index in [1.807, 2.05) is 41.3 Å². The van der Waals surface area contributed by atoms with Crippen molar-refractivity contribution in [3.8, 4) is 11.3 Å². The molecule has 6 heteroatoms. The van der Waals surface area contributed by atoms with Gasteiger partial charge in [0.1, 0.15) is 0 Å². The predicted octanol–water partition coefficient (Wildman–Crippen LogP) is 5.63. The Balaban J connectivity index is 1.31. The average Bonchev–Trinajstić information content (AvgIpc) is 3.60. The van der Waals surface area contributed by atoms with Crippen molar-refractivity contribution in [1.82, 2.24) is 14.3 Å². The van der Waals surface area contributed by atoms with Crippen molar-refractivity contribution in [2.24, 2.45) is 0 Å². The van der Waals surface area contributed by atoms with Gasteiger partial charge < -0.3 is 9.64 Å².